The van der Waals surface area contributed by atoms with Crippen LogP contribution in [0.15, 0.2) is 0 Å². The van der Waals surface area contributed by atoms with Gasteiger partial charge in [0.15, 0.2) is 0 Å². The van der Waals surface area contributed by atoms with Crippen molar-refractivity contribution in [3.8, 4) is 0 Å². The second-order valence-corrected chi connectivity index (χ2v) is 5.08. The maximum absolute atomic E-state index is 11.7. The molecule has 3 nitrogen and oxygen atoms in total. The van der Waals surface area contributed by atoms with Gasteiger partial charge in [0.1, 0.15) is 0 Å². The van der Waals surface area contributed by atoms with Crippen molar-refractivity contribution in [3.05, 3.63) is 0 Å². The molecule has 4 heteroatoms. The number of carbonyl (C=O) groups excluding carboxylic acids is 1. The first-order valence-corrected chi connectivity index (χ1v) is 6.76. The van der Waals surface area contributed by atoms with Crippen molar-refractivity contribution in [2.75, 3.05) is 18.1 Å². The SMILES string of the molecule is CCOC(=O)C(CC)C1(O)CCCSC1. The molecule has 15 heavy (non-hydrogen) atoms. The minimum Gasteiger partial charge on any atom is -0.466 e. The zero-order valence-corrected chi connectivity index (χ0v) is 10.3. The van der Waals surface area contributed by atoms with E-state index in [2.05, 4.69) is 0 Å². The van der Waals surface area contributed by atoms with Crippen LogP contribution in [0.5, 0.6) is 0 Å². The fourth-order valence-corrected chi connectivity index (χ4v) is 3.28. The molecule has 0 aromatic carbocycles. The third kappa shape index (κ3) is 3.11. The van der Waals surface area contributed by atoms with Crippen LogP contribution < -0.4 is 0 Å². The van der Waals surface area contributed by atoms with E-state index in [1.54, 1.807) is 18.7 Å². The van der Waals surface area contributed by atoms with Crippen LogP contribution in [0.2, 0.25) is 0 Å². The number of ether oxygens (including phenoxy) is 1. The molecular formula is C11H20O3S. The van der Waals surface area contributed by atoms with E-state index in [0.717, 1.165) is 18.6 Å². The average molecular weight is 232 g/mol. The van der Waals surface area contributed by atoms with Crippen molar-refractivity contribution in [2.24, 2.45) is 5.92 Å². The van der Waals surface area contributed by atoms with E-state index in [9.17, 15) is 9.90 Å². The summed E-state index contributed by atoms with van der Waals surface area (Å²) in [5, 5.41) is 10.4. The van der Waals surface area contributed by atoms with E-state index >= 15 is 0 Å². The van der Waals surface area contributed by atoms with Crippen LogP contribution in [0.25, 0.3) is 0 Å². The Balaban J connectivity index is 2.66. The van der Waals surface area contributed by atoms with Gasteiger partial charge in [-0.15, -0.1) is 0 Å². The highest BCUT2D eigenvalue weighted by Gasteiger charge is 2.42. The summed E-state index contributed by atoms with van der Waals surface area (Å²) in [7, 11) is 0. The van der Waals surface area contributed by atoms with Crippen molar-refractivity contribution in [1.29, 1.82) is 0 Å². The lowest BCUT2D eigenvalue weighted by atomic mass is 9.83. The number of hydrogen-bond acceptors (Lipinski definition) is 4. The molecule has 0 aromatic rings. The summed E-state index contributed by atoms with van der Waals surface area (Å²) in [5.74, 6) is 1.14. The number of rotatable bonds is 4. The van der Waals surface area contributed by atoms with E-state index in [1.165, 1.54) is 0 Å². The highest BCUT2D eigenvalue weighted by molar-refractivity contribution is 7.99. The summed E-state index contributed by atoms with van der Waals surface area (Å²) in [6.07, 6.45) is 2.35. The van der Waals surface area contributed by atoms with E-state index < -0.39 is 5.60 Å². The summed E-state index contributed by atoms with van der Waals surface area (Å²) in [6, 6.07) is 0. The highest BCUT2D eigenvalue weighted by atomic mass is 32.2. The molecule has 1 aliphatic rings. The second-order valence-electron chi connectivity index (χ2n) is 3.97. The molecule has 1 rings (SSSR count). The maximum Gasteiger partial charge on any atom is 0.311 e. The lowest BCUT2D eigenvalue weighted by Crippen LogP contribution is -2.46. The molecule has 0 radical (unpaired) electrons. The van der Waals surface area contributed by atoms with Gasteiger partial charge in [0.25, 0.3) is 0 Å². The van der Waals surface area contributed by atoms with E-state index in [4.69, 9.17) is 4.74 Å². The van der Waals surface area contributed by atoms with Crippen LogP contribution in [0.3, 0.4) is 0 Å². The first-order valence-electron chi connectivity index (χ1n) is 5.60. The first kappa shape index (κ1) is 12.8. The molecule has 1 aliphatic heterocycles. The topological polar surface area (TPSA) is 46.5 Å². The summed E-state index contributed by atoms with van der Waals surface area (Å²) in [4.78, 5) is 11.7. The molecule has 0 aliphatic carbocycles. The van der Waals surface area contributed by atoms with Gasteiger partial charge in [-0.25, -0.2) is 0 Å². The Morgan fingerprint density at radius 1 is 1.60 bits per heavy atom. The molecule has 1 fully saturated rings. The third-order valence-corrected chi connectivity index (χ3v) is 4.16. The van der Waals surface area contributed by atoms with Crippen molar-refractivity contribution in [1.82, 2.24) is 0 Å². The Bertz CT molecular complexity index is 212. The lowest BCUT2D eigenvalue weighted by molar-refractivity contribution is -0.157. The highest BCUT2D eigenvalue weighted by Crippen LogP contribution is 2.35. The lowest BCUT2D eigenvalue weighted by Gasteiger charge is -2.36. The molecule has 0 spiro atoms. The van der Waals surface area contributed by atoms with Gasteiger partial charge in [0.2, 0.25) is 0 Å². The normalized spacial score (nSPS) is 28.5. The van der Waals surface area contributed by atoms with Gasteiger partial charge >= 0.3 is 5.97 Å². The van der Waals surface area contributed by atoms with Crippen LogP contribution in [0.4, 0.5) is 0 Å². The van der Waals surface area contributed by atoms with Gasteiger partial charge in [-0.2, -0.15) is 11.8 Å². The van der Waals surface area contributed by atoms with Gasteiger partial charge in [-0.1, -0.05) is 6.92 Å². The van der Waals surface area contributed by atoms with Gasteiger partial charge in [-0.3, -0.25) is 4.79 Å². The molecule has 0 bridgehead atoms. The Labute approximate surface area is 95.6 Å². The number of carbonyl (C=O) groups is 1. The molecule has 2 unspecified atom stereocenters. The smallest absolute Gasteiger partial charge is 0.311 e. The Kier molecular flexibility index (Phi) is 4.93. The predicted molar refractivity (Wildman–Crippen MR) is 61.9 cm³/mol. The molecule has 1 N–H and O–H groups in total. The van der Waals surface area contributed by atoms with Crippen molar-refractivity contribution >= 4 is 17.7 Å². The summed E-state index contributed by atoms with van der Waals surface area (Å²) in [5.41, 5.74) is -0.843. The number of aliphatic hydroxyl groups is 1. The van der Waals surface area contributed by atoms with Gasteiger partial charge in [0.05, 0.1) is 18.1 Å². The summed E-state index contributed by atoms with van der Waals surface area (Å²) >= 11 is 1.72. The van der Waals surface area contributed by atoms with Gasteiger partial charge < -0.3 is 9.84 Å². The Morgan fingerprint density at radius 2 is 2.33 bits per heavy atom. The Hall–Kier alpha value is -0.220. The van der Waals surface area contributed by atoms with Crippen LogP contribution in [0.1, 0.15) is 33.1 Å². The molecule has 0 aromatic heterocycles. The van der Waals surface area contributed by atoms with Crippen molar-refractivity contribution < 1.29 is 14.6 Å². The molecule has 2 atom stereocenters. The van der Waals surface area contributed by atoms with Crippen molar-refractivity contribution in [3.63, 3.8) is 0 Å². The minimum atomic E-state index is -0.843. The number of hydrogen-bond donors (Lipinski definition) is 1. The fourth-order valence-electron chi connectivity index (χ4n) is 2.09. The summed E-state index contributed by atoms with van der Waals surface area (Å²) in [6.45, 7) is 4.11. The van der Waals surface area contributed by atoms with Crippen LogP contribution in [0, 0.1) is 5.92 Å². The maximum atomic E-state index is 11.7. The molecule has 1 saturated heterocycles. The standard InChI is InChI=1S/C11H20O3S/c1-3-9(10(12)14-4-2)11(13)6-5-7-15-8-11/h9,13H,3-8H2,1-2H3. The fraction of sp³-hybridized carbons (Fsp3) is 0.909. The largest absolute Gasteiger partial charge is 0.466 e. The van der Waals surface area contributed by atoms with Gasteiger partial charge in [-0.05, 0) is 31.9 Å². The molecular weight excluding hydrogens is 212 g/mol. The second kappa shape index (κ2) is 5.75. The van der Waals surface area contributed by atoms with Crippen molar-refractivity contribution in [2.45, 2.75) is 38.7 Å². The molecule has 0 amide bonds. The average Bonchev–Trinajstić information content (AvgIpc) is 2.19. The van der Waals surface area contributed by atoms with Crippen LogP contribution in [-0.4, -0.2) is 34.8 Å². The predicted octanol–water partition coefficient (Wildman–Crippen LogP) is 1.83. The van der Waals surface area contributed by atoms with Gasteiger partial charge in [0, 0.05) is 5.75 Å². The van der Waals surface area contributed by atoms with Crippen LogP contribution in [-0.2, 0) is 9.53 Å². The first-order chi connectivity index (χ1) is 7.14. The third-order valence-electron chi connectivity index (χ3n) is 2.88. The van der Waals surface area contributed by atoms with E-state index in [0.29, 0.717) is 18.8 Å². The quantitative estimate of drug-likeness (QED) is 0.751. The van der Waals surface area contributed by atoms with Crippen LogP contribution >= 0.6 is 11.8 Å². The monoisotopic (exact) mass is 232 g/mol. The Morgan fingerprint density at radius 3 is 2.80 bits per heavy atom. The zero-order chi connectivity index (χ0) is 11.3. The van der Waals surface area contributed by atoms with E-state index in [1.807, 2.05) is 6.92 Å². The number of esters is 1. The van der Waals surface area contributed by atoms with E-state index in [-0.39, 0.29) is 11.9 Å². The summed E-state index contributed by atoms with van der Waals surface area (Å²) < 4.78 is 5.01. The molecule has 1 heterocycles. The number of thioether (sulfide) groups is 1. The zero-order valence-electron chi connectivity index (χ0n) is 9.49. The molecule has 88 valence electrons. The minimum absolute atomic E-state index is 0.245. The molecule has 0 saturated carbocycles.